The van der Waals surface area contributed by atoms with Gasteiger partial charge in [0, 0.05) is 11.5 Å². The Bertz CT molecular complexity index is 623. The van der Waals surface area contributed by atoms with Gasteiger partial charge in [-0.1, -0.05) is 33.6 Å². The second-order valence-electron chi connectivity index (χ2n) is 4.13. The lowest BCUT2D eigenvalue weighted by Gasteiger charge is -2.18. The molecule has 1 heterocycles. The van der Waals surface area contributed by atoms with Gasteiger partial charge in [0.05, 0.1) is 22.5 Å². The van der Waals surface area contributed by atoms with E-state index in [1.54, 1.807) is 0 Å². The molecule has 1 atom stereocenters. The van der Waals surface area contributed by atoms with Crippen LogP contribution < -0.4 is 0 Å². The lowest BCUT2D eigenvalue weighted by Crippen LogP contribution is -2.15. The van der Waals surface area contributed by atoms with Crippen molar-refractivity contribution in [3.63, 3.8) is 0 Å². The molecule has 0 radical (unpaired) electrons. The van der Waals surface area contributed by atoms with Gasteiger partial charge in [-0.3, -0.25) is 4.68 Å². The van der Waals surface area contributed by atoms with Crippen LogP contribution in [0.1, 0.15) is 22.9 Å². The Morgan fingerprint density at radius 2 is 2.05 bits per heavy atom. The first-order chi connectivity index (χ1) is 9.21. The number of alkyl halides is 3. The molecule has 0 fully saturated rings. The zero-order valence-corrected chi connectivity index (χ0v) is 12.5. The molecule has 0 aliphatic rings. The Hall–Kier alpha value is -1.05. The Labute approximate surface area is 126 Å². The van der Waals surface area contributed by atoms with Gasteiger partial charge in [0.1, 0.15) is 6.10 Å². The van der Waals surface area contributed by atoms with Crippen molar-refractivity contribution in [3.05, 3.63) is 50.7 Å². The molecule has 0 amide bonds. The maximum absolute atomic E-state index is 13.0. The fourth-order valence-electron chi connectivity index (χ4n) is 1.89. The SMILES string of the molecule is Cn1ncc(Cl)c1C(O)c1ccc(Br)cc1C(F)(F)F. The minimum Gasteiger partial charge on any atom is -0.382 e. The topological polar surface area (TPSA) is 38.0 Å². The quantitative estimate of drug-likeness (QED) is 0.871. The summed E-state index contributed by atoms with van der Waals surface area (Å²) in [5.41, 5.74) is -1.08. The number of nitrogens with zero attached hydrogens (tertiary/aromatic N) is 2. The third kappa shape index (κ3) is 2.84. The zero-order valence-electron chi connectivity index (χ0n) is 10.1. The van der Waals surface area contributed by atoms with Crippen molar-refractivity contribution in [1.82, 2.24) is 9.78 Å². The highest BCUT2D eigenvalue weighted by Crippen LogP contribution is 2.39. The lowest BCUT2D eigenvalue weighted by atomic mass is 10.00. The number of aliphatic hydroxyl groups is 1. The second kappa shape index (κ2) is 5.38. The third-order valence-electron chi connectivity index (χ3n) is 2.81. The molecule has 1 aromatic carbocycles. The first-order valence-corrected chi connectivity index (χ1v) is 6.61. The smallest absolute Gasteiger partial charge is 0.382 e. The first kappa shape index (κ1) is 15.3. The highest BCUT2D eigenvalue weighted by molar-refractivity contribution is 9.10. The molecule has 0 bridgehead atoms. The molecule has 20 heavy (non-hydrogen) atoms. The van der Waals surface area contributed by atoms with Crippen molar-refractivity contribution in [2.75, 3.05) is 0 Å². The molecule has 108 valence electrons. The van der Waals surface area contributed by atoms with Crippen molar-refractivity contribution in [2.24, 2.45) is 7.05 Å². The number of halogens is 5. The van der Waals surface area contributed by atoms with E-state index in [4.69, 9.17) is 11.6 Å². The fraction of sp³-hybridized carbons (Fsp3) is 0.250. The summed E-state index contributed by atoms with van der Waals surface area (Å²) in [5, 5.41) is 14.1. The van der Waals surface area contributed by atoms with E-state index < -0.39 is 17.8 Å². The first-order valence-electron chi connectivity index (χ1n) is 5.44. The minimum atomic E-state index is -4.58. The normalized spacial score (nSPS) is 13.6. The summed E-state index contributed by atoms with van der Waals surface area (Å²) < 4.78 is 40.7. The predicted molar refractivity (Wildman–Crippen MR) is 71.4 cm³/mol. The van der Waals surface area contributed by atoms with Crippen LogP contribution in [-0.4, -0.2) is 14.9 Å². The summed E-state index contributed by atoms with van der Waals surface area (Å²) in [5.74, 6) is 0. The molecule has 1 unspecified atom stereocenters. The Kier molecular flexibility index (Phi) is 4.13. The standard InChI is InChI=1S/C12H9BrClF3N2O/c1-19-10(9(14)5-18-19)11(20)7-3-2-6(13)4-8(7)12(15,16)17/h2-5,11,20H,1H3. The summed E-state index contributed by atoms with van der Waals surface area (Å²) in [6.45, 7) is 0. The summed E-state index contributed by atoms with van der Waals surface area (Å²) in [4.78, 5) is 0. The maximum Gasteiger partial charge on any atom is 0.416 e. The van der Waals surface area contributed by atoms with Gasteiger partial charge in [-0.2, -0.15) is 18.3 Å². The molecule has 1 aromatic heterocycles. The highest BCUT2D eigenvalue weighted by atomic mass is 79.9. The van der Waals surface area contributed by atoms with Gasteiger partial charge in [-0.05, 0) is 17.7 Å². The van der Waals surface area contributed by atoms with Gasteiger partial charge in [0.15, 0.2) is 0 Å². The van der Waals surface area contributed by atoms with Crippen LogP contribution in [0.3, 0.4) is 0 Å². The van der Waals surface area contributed by atoms with Gasteiger partial charge >= 0.3 is 6.18 Å². The summed E-state index contributed by atoms with van der Waals surface area (Å²) in [6, 6.07) is 3.56. The Balaban J connectivity index is 2.58. The van der Waals surface area contributed by atoms with Gasteiger partial charge in [0.2, 0.25) is 0 Å². The van der Waals surface area contributed by atoms with Crippen LogP contribution in [0.5, 0.6) is 0 Å². The molecule has 0 spiro atoms. The maximum atomic E-state index is 13.0. The summed E-state index contributed by atoms with van der Waals surface area (Å²) in [6.07, 6.45) is -4.82. The molecule has 2 aromatic rings. The molecule has 0 saturated heterocycles. The molecule has 0 aliphatic heterocycles. The summed E-state index contributed by atoms with van der Waals surface area (Å²) in [7, 11) is 1.50. The average molecular weight is 370 g/mol. The van der Waals surface area contributed by atoms with Gasteiger partial charge < -0.3 is 5.11 Å². The van der Waals surface area contributed by atoms with Gasteiger partial charge in [-0.25, -0.2) is 0 Å². The highest BCUT2D eigenvalue weighted by Gasteiger charge is 2.36. The van der Waals surface area contributed by atoms with E-state index in [2.05, 4.69) is 21.0 Å². The van der Waals surface area contributed by atoms with Crippen LogP contribution >= 0.6 is 27.5 Å². The van der Waals surface area contributed by atoms with Crippen LogP contribution in [0, 0.1) is 0 Å². The van der Waals surface area contributed by atoms with E-state index in [0.717, 1.165) is 6.07 Å². The average Bonchev–Trinajstić information content (AvgIpc) is 2.67. The largest absolute Gasteiger partial charge is 0.416 e. The predicted octanol–water partition coefficient (Wildman–Crippen LogP) is 3.94. The number of hydrogen-bond acceptors (Lipinski definition) is 2. The number of aliphatic hydroxyl groups excluding tert-OH is 1. The van der Waals surface area contributed by atoms with Crippen molar-refractivity contribution < 1.29 is 18.3 Å². The van der Waals surface area contributed by atoms with Crippen LogP contribution in [0.4, 0.5) is 13.2 Å². The van der Waals surface area contributed by atoms with Crippen molar-refractivity contribution in [2.45, 2.75) is 12.3 Å². The molecule has 2 rings (SSSR count). The number of benzene rings is 1. The van der Waals surface area contributed by atoms with Crippen LogP contribution in [0.2, 0.25) is 5.02 Å². The van der Waals surface area contributed by atoms with Crippen molar-refractivity contribution in [3.8, 4) is 0 Å². The van der Waals surface area contributed by atoms with Gasteiger partial charge in [0.25, 0.3) is 0 Å². The van der Waals surface area contributed by atoms with Crippen molar-refractivity contribution >= 4 is 27.5 Å². The molecular weight excluding hydrogens is 360 g/mol. The molecule has 1 N–H and O–H groups in total. The number of rotatable bonds is 2. The molecule has 8 heteroatoms. The van der Waals surface area contributed by atoms with Crippen LogP contribution in [0.25, 0.3) is 0 Å². The molecule has 0 saturated carbocycles. The summed E-state index contributed by atoms with van der Waals surface area (Å²) >= 11 is 8.84. The number of aryl methyl sites for hydroxylation is 1. The monoisotopic (exact) mass is 368 g/mol. The van der Waals surface area contributed by atoms with E-state index >= 15 is 0 Å². The number of aromatic nitrogens is 2. The van der Waals surface area contributed by atoms with Gasteiger partial charge in [-0.15, -0.1) is 0 Å². The van der Waals surface area contributed by atoms with E-state index in [9.17, 15) is 18.3 Å². The molecule has 3 nitrogen and oxygen atoms in total. The molecular formula is C12H9BrClF3N2O. The van der Waals surface area contributed by atoms with E-state index in [0.29, 0.717) is 0 Å². The van der Waals surface area contributed by atoms with Crippen LogP contribution in [-0.2, 0) is 13.2 Å². The second-order valence-corrected chi connectivity index (χ2v) is 5.46. The third-order valence-corrected chi connectivity index (χ3v) is 3.60. The zero-order chi connectivity index (χ0) is 15.1. The lowest BCUT2D eigenvalue weighted by molar-refractivity contribution is -0.139. The van der Waals surface area contributed by atoms with E-state index in [1.807, 2.05) is 0 Å². The number of hydrogen-bond donors (Lipinski definition) is 1. The minimum absolute atomic E-state index is 0.107. The van der Waals surface area contributed by atoms with E-state index in [-0.39, 0.29) is 20.8 Å². The fourth-order valence-corrected chi connectivity index (χ4v) is 2.52. The molecule has 0 aliphatic carbocycles. The van der Waals surface area contributed by atoms with E-state index in [1.165, 1.54) is 30.1 Å². The Morgan fingerprint density at radius 3 is 2.55 bits per heavy atom. The van der Waals surface area contributed by atoms with Crippen molar-refractivity contribution in [1.29, 1.82) is 0 Å². The Morgan fingerprint density at radius 1 is 1.40 bits per heavy atom. The van der Waals surface area contributed by atoms with Crippen LogP contribution in [0.15, 0.2) is 28.9 Å².